The zero-order valence-corrected chi connectivity index (χ0v) is 18.1. The summed E-state index contributed by atoms with van der Waals surface area (Å²) in [5.74, 6) is -1.67. The second-order valence-corrected chi connectivity index (χ2v) is 8.17. The van der Waals surface area contributed by atoms with Crippen LogP contribution < -0.4 is 10.1 Å². The van der Waals surface area contributed by atoms with Crippen molar-refractivity contribution in [2.75, 3.05) is 0 Å². The summed E-state index contributed by atoms with van der Waals surface area (Å²) in [5, 5.41) is 13.5. The number of ether oxygens (including phenoxy) is 1. The fourth-order valence-corrected chi connectivity index (χ4v) is 4.19. The maximum Gasteiger partial charge on any atom is 0.326 e. The molecule has 32 heavy (non-hydrogen) atoms. The molecular formula is C24H21ClN2O5. The number of benzene rings is 2. The molecule has 1 unspecified atom stereocenters. The molecule has 1 aromatic heterocycles. The first kappa shape index (κ1) is 21.8. The molecule has 1 atom stereocenters. The second kappa shape index (κ2) is 8.96. The predicted octanol–water partition coefficient (Wildman–Crippen LogP) is 3.73. The van der Waals surface area contributed by atoms with E-state index in [2.05, 4.69) is 10.3 Å². The van der Waals surface area contributed by atoms with E-state index in [0.717, 1.165) is 24.1 Å². The molecule has 1 amide bonds. The molecule has 7 nitrogen and oxygen atoms in total. The van der Waals surface area contributed by atoms with Gasteiger partial charge in [0.1, 0.15) is 11.8 Å². The minimum absolute atomic E-state index is 0.0768. The molecule has 0 saturated heterocycles. The van der Waals surface area contributed by atoms with Gasteiger partial charge in [-0.3, -0.25) is 14.6 Å². The van der Waals surface area contributed by atoms with E-state index in [-0.39, 0.29) is 6.42 Å². The fraction of sp³-hybridized carbons (Fsp3) is 0.250. The highest BCUT2D eigenvalue weighted by molar-refractivity contribution is 6.31. The van der Waals surface area contributed by atoms with Gasteiger partial charge < -0.3 is 15.2 Å². The van der Waals surface area contributed by atoms with Gasteiger partial charge in [0.25, 0.3) is 5.91 Å². The Kier molecular flexibility index (Phi) is 6.10. The highest BCUT2D eigenvalue weighted by atomic mass is 35.5. The van der Waals surface area contributed by atoms with Crippen molar-refractivity contribution in [2.24, 2.45) is 0 Å². The summed E-state index contributed by atoms with van der Waals surface area (Å²) in [6.07, 6.45) is 2.46. The lowest BCUT2D eigenvalue weighted by molar-refractivity contribution is -0.139. The largest absolute Gasteiger partial charge is 0.480 e. The Morgan fingerprint density at radius 3 is 2.59 bits per heavy atom. The molecule has 164 valence electrons. The number of esters is 1. The summed E-state index contributed by atoms with van der Waals surface area (Å²) in [5.41, 5.74) is 3.51. The number of aliphatic carboxylic acids is 1. The van der Waals surface area contributed by atoms with Crippen LogP contribution >= 0.6 is 11.6 Å². The van der Waals surface area contributed by atoms with E-state index in [1.54, 1.807) is 42.5 Å². The first-order valence-corrected chi connectivity index (χ1v) is 10.6. The average Bonchev–Trinajstić information content (AvgIpc) is 3.20. The van der Waals surface area contributed by atoms with Crippen LogP contribution in [0.3, 0.4) is 0 Å². The third kappa shape index (κ3) is 4.57. The number of nitrogens with zero attached hydrogens (tertiary/aromatic N) is 1. The lowest BCUT2D eigenvalue weighted by atomic mass is 9.99. The number of aromatic nitrogens is 1. The van der Waals surface area contributed by atoms with Gasteiger partial charge in [0.2, 0.25) is 0 Å². The Balaban J connectivity index is 1.62. The number of aryl methyl sites for hydroxylation is 1. The standard InChI is InChI=1S/C24H21ClN2O5/c1-13(28)32-16-8-5-14(6-9-16)11-21(24(30)31)27-23(29)22-17-3-2-4-19(17)26-20-10-7-15(25)12-18(20)22/h5-10,12,21H,2-4,11H2,1H3,(H,27,29)(H,30,31). The highest BCUT2D eigenvalue weighted by Gasteiger charge is 2.27. The molecule has 0 aliphatic heterocycles. The number of nitrogens with one attached hydrogen (secondary N) is 1. The number of rotatable bonds is 6. The van der Waals surface area contributed by atoms with Crippen molar-refractivity contribution in [3.8, 4) is 5.75 Å². The summed E-state index contributed by atoms with van der Waals surface area (Å²) in [4.78, 5) is 40.9. The van der Waals surface area contributed by atoms with Crippen LogP contribution in [0, 0.1) is 0 Å². The van der Waals surface area contributed by atoms with Gasteiger partial charge in [0.15, 0.2) is 0 Å². The van der Waals surface area contributed by atoms with Gasteiger partial charge in [0.05, 0.1) is 11.1 Å². The monoisotopic (exact) mass is 452 g/mol. The molecule has 8 heteroatoms. The summed E-state index contributed by atoms with van der Waals surface area (Å²) in [6, 6.07) is 10.6. The number of carbonyl (C=O) groups is 3. The van der Waals surface area contributed by atoms with Crippen molar-refractivity contribution in [1.82, 2.24) is 10.3 Å². The Bertz CT molecular complexity index is 1220. The van der Waals surface area contributed by atoms with Gasteiger partial charge in [-0.05, 0) is 60.7 Å². The molecule has 2 aromatic carbocycles. The van der Waals surface area contributed by atoms with Crippen LogP contribution in [0.2, 0.25) is 5.02 Å². The molecule has 2 N–H and O–H groups in total. The first-order chi connectivity index (χ1) is 15.3. The molecule has 1 heterocycles. The number of hydrogen-bond donors (Lipinski definition) is 2. The van der Waals surface area contributed by atoms with E-state index < -0.39 is 23.9 Å². The van der Waals surface area contributed by atoms with Crippen LogP contribution in [-0.2, 0) is 28.9 Å². The molecule has 0 radical (unpaired) electrons. The summed E-state index contributed by atoms with van der Waals surface area (Å²) < 4.78 is 5.00. The van der Waals surface area contributed by atoms with Gasteiger partial charge >= 0.3 is 11.9 Å². The number of carboxylic acid groups (broad SMARTS) is 1. The quantitative estimate of drug-likeness (QED) is 0.436. The minimum Gasteiger partial charge on any atom is -0.480 e. The summed E-state index contributed by atoms with van der Waals surface area (Å²) in [6.45, 7) is 1.30. The third-order valence-electron chi connectivity index (χ3n) is 5.43. The van der Waals surface area contributed by atoms with E-state index >= 15 is 0 Å². The zero-order valence-electron chi connectivity index (χ0n) is 17.4. The number of carbonyl (C=O) groups excluding carboxylic acids is 2. The van der Waals surface area contributed by atoms with Gasteiger partial charge in [-0.15, -0.1) is 0 Å². The molecule has 0 spiro atoms. The Morgan fingerprint density at radius 1 is 1.16 bits per heavy atom. The van der Waals surface area contributed by atoms with Crippen LogP contribution in [-0.4, -0.2) is 34.0 Å². The van der Waals surface area contributed by atoms with E-state index in [9.17, 15) is 19.5 Å². The SMILES string of the molecule is CC(=O)Oc1ccc(CC(NC(=O)c2c3c(nc4ccc(Cl)cc24)CCC3)C(=O)O)cc1. The summed E-state index contributed by atoms with van der Waals surface area (Å²) in [7, 11) is 0. The number of pyridine rings is 1. The zero-order chi connectivity index (χ0) is 22.8. The number of carboxylic acids is 1. The molecule has 0 bridgehead atoms. The number of halogens is 1. The van der Waals surface area contributed by atoms with Gasteiger partial charge in [-0.2, -0.15) is 0 Å². The van der Waals surface area contributed by atoms with E-state index in [1.165, 1.54) is 6.92 Å². The highest BCUT2D eigenvalue weighted by Crippen LogP contribution is 2.31. The number of hydrogen-bond acceptors (Lipinski definition) is 5. The van der Waals surface area contributed by atoms with E-state index in [1.807, 2.05) is 0 Å². The van der Waals surface area contributed by atoms with Crippen LogP contribution in [0.4, 0.5) is 0 Å². The first-order valence-electron chi connectivity index (χ1n) is 10.2. The minimum atomic E-state index is -1.14. The van der Waals surface area contributed by atoms with Crippen molar-refractivity contribution < 1.29 is 24.2 Å². The third-order valence-corrected chi connectivity index (χ3v) is 5.66. The predicted molar refractivity (Wildman–Crippen MR) is 119 cm³/mol. The molecule has 1 aliphatic rings. The smallest absolute Gasteiger partial charge is 0.326 e. The van der Waals surface area contributed by atoms with Crippen LogP contribution in [0.1, 0.15) is 40.5 Å². The molecule has 4 rings (SSSR count). The average molecular weight is 453 g/mol. The fourth-order valence-electron chi connectivity index (χ4n) is 4.02. The van der Waals surface area contributed by atoms with Gasteiger partial charge in [-0.1, -0.05) is 23.7 Å². The van der Waals surface area contributed by atoms with Crippen LogP contribution in [0.15, 0.2) is 42.5 Å². The van der Waals surface area contributed by atoms with Crippen molar-refractivity contribution in [1.29, 1.82) is 0 Å². The lowest BCUT2D eigenvalue weighted by Gasteiger charge is -2.18. The summed E-state index contributed by atoms with van der Waals surface area (Å²) >= 11 is 6.17. The van der Waals surface area contributed by atoms with Crippen molar-refractivity contribution in [2.45, 2.75) is 38.6 Å². The van der Waals surface area contributed by atoms with E-state index in [4.69, 9.17) is 16.3 Å². The van der Waals surface area contributed by atoms with Crippen molar-refractivity contribution in [3.63, 3.8) is 0 Å². The van der Waals surface area contributed by atoms with Crippen molar-refractivity contribution >= 4 is 40.3 Å². The Labute approximate surface area is 189 Å². The van der Waals surface area contributed by atoms with Gasteiger partial charge in [0, 0.05) is 29.4 Å². The van der Waals surface area contributed by atoms with Crippen LogP contribution in [0.25, 0.3) is 10.9 Å². The van der Waals surface area contributed by atoms with Gasteiger partial charge in [-0.25, -0.2) is 4.79 Å². The number of fused-ring (bicyclic) bond motifs is 2. The normalized spacial score (nSPS) is 13.4. The van der Waals surface area contributed by atoms with Crippen molar-refractivity contribution in [3.05, 3.63) is 69.9 Å². The molecule has 1 aliphatic carbocycles. The molecule has 3 aromatic rings. The van der Waals surface area contributed by atoms with E-state index in [0.29, 0.717) is 39.2 Å². The number of amides is 1. The lowest BCUT2D eigenvalue weighted by Crippen LogP contribution is -2.42. The Hall–Kier alpha value is -3.45. The maximum atomic E-state index is 13.3. The molecular weight excluding hydrogens is 432 g/mol. The molecule has 0 saturated carbocycles. The Morgan fingerprint density at radius 2 is 1.91 bits per heavy atom. The van der Waals surface area contributed by atoms with Crippen LogP contribution in [0.5, 0.6) is 5.75 Å². The topological polar surface area (TPSA) is 106 Å². The molecule has 0 fully saturated rings. The second-order valence-electron chi connectivity index (χ2n) is 7.73. The maximum absolute atomic E-state index is 13.3.